The molecule has 0 aromatic carbocycles. The number of likely N-dealkylation sites (tertiary alicyclic amines) is 1. The highest BCUT2D eigenvalue weighted by molar-refractivity contribution is 6.39. The zero-order valence-electron chi connectivity index (χ0n) is 13.0. The number of hydrogen-bond donors (Lipinski definition) is 0. The minimum Gasteiger partial charge on any atom is -0.390 e. The van der Waals surface area contributed by atoms with Crippen molar-refractivity contribution in [2.75, 3.05) is 19.6 Å². The van der Waals surface area contributed by atoms with Gasteiger partial charge in [-0.05, 0) is 25.9 Å². The molecule has 0 aliphatic carbocycles. The summed E-state index contributed by atoms with van der Waals surface area (Å²) < 4.78 is 41.8. The van der Waals surface area contributed by atoms with Gasteiger partial charge in [-0.1, -0.05) is 10.3 Å². The first-order valence-electron chi connectivity index (χ1n) is 7.69. The van der Waals surface area contributed by atoms with Crippen LogP contribution in [0.2, 0.25) is 0 Å². The molecule has 1 atom stereocenters. The monoisotopic (exact) mass is 346 g/mol. The van der Waals surface area contributed by atoms with E-state index in [9.17, 15) is 18.0 Å². The highest BCUT2D eigenvalue weighted by atomic mass is 19.4. The van der Waals surface area contributed by atoms with E-state index in [1.165, 1.54) is 6.92 Å². The van der Waals surface area contributed by atoms with Crippen LogP contribution in [0.25, 0.3) is 0 Å². The fourth-order valence-corrected chi connectivity index (χ4v) is 2.91. The third-order valence-corrected chi connectivity index (χ3v) is 4.24. The van der Waals surface area contributed by atoms with E-state index in [1.54, 1.807) is 0 Å². The number of aromatic nitrogens is 2. The van der Waals surface area contributed by atoms with Gasteiger partial charge in [-0.2, -0.15) is 18.2 Å². The summed E-state index contributed by atoms with van der Waals surface area (Å²) in [7, 11) is 0. The Hall–Kier alpha value is -1.97. The molecule has 1 saturated heterocycles. The molecule has 2 aliphatic heterocycles. The van der Waals surface area contributed by atoms with Crippen LogP contribution in [0.5, 0.6) is 0 Å². The van der Waals surface area contributed by atoms with Crippen LogP contribution in [0.4, 0.5) is 13.2 Å². The van der Waals surface area contributed by atoms with Crippen molar-refractivity contribution in [3.05, 3.63) is 11.7 Å². The van der Waals surface area contributed by atoms with Crippen molar-refractivity contribution in [1.82, 2.24) is 15.0 Å². The van der Waals surface area contributed by atoms with Crippen LogP contribution in [-0.4, -0.2) is 52.3 Å². The van der Waals surface area contributed by atoms with Crippen molar-refractivity contribution < 1.29 is 27.3 Å². The van der Waals surface area contributed by atoms with E-state index < -0.39 is 12.1 Å². The molecular formula is C14H17F3N4O3. The van der Waals surface area contributed by atoms with Crippen LogP contribution in [0, 0.1) is 0 Å². The summed E-state index contributed by atoms with van der Waals surface area (Å²) in [5, 5.41) is 7.23. The van der Waals surface area contributed by atoms with Crippen molar-refractivity contribution in [2.24, 2.45) is 5.16 Å². The number of Topliss-reactive ketones (excluding diaryl/α,β-unsaturated/α-hetero) is 1. The molecule has 10 heteroatoms. The maximum Gasteiger partial charge on any atom is 0.471 e. The molecular weight excluding hydrogens is 329 g/mol. The molecule has 2 aliphatic rings. The fourth-order valence-electron chi connectivity index (χ4n) is 2.91. The third kappa shape index (κ3) is 3.74. The minimum atomic E-state index is -4.61. The van der Waals surface area contributed by atoms with Gasteiger partial charge in [0.25, 0.3) is 0 Å². The lowest BCUT2D eigenvalue weighted by Crippen LogP contribution is -2.38. The van der Waals surface area contributed by atoms with Gasteiger partial charge in [0.1, 0.15) is 11.8 Å². The van der Waals surface area contributed by atoms with E-state index in [0.29, 0.717) is 44.6 Å². The Balaban J connectivity index is 1.48. The number of hydrogen-bond acceptors (Lipinski definition) is 7. The number of alkyl halides is 3. The minimum absolute atomic E-state index is 0.0891. The van der Waals surface area contributed by atoms with E-state index in [1.807, 2.05) is 0 Å². The van der Waals surface area contributed by atoms with Gasteiger partial charge >= 0.3 is 12.1 Å². The Morgan fingerprint density at radius 3 is 2.58 bits per heavy atom. The third-order valence-electron chi connectivity index (χ3n) is 4.24. The lowest BCUT2D eigenvalue weighted by atomic mass is 9.95. The van der Waals surface area contributed by atoms with Crippen LogP contribution < -0.4 is 0 Å². The quantitative estimate of drug-likeness (QED) is 0.829. The zero-order chi connectivity index (χ0) is 17.3. The van der Waals surface area contributed by atoms with Crippen LogP contribution >= 0.6 is 0 Å². The zero-order valence-corrected chi connectivity index (χ0v) is 13.0. The molecule has 1 aromatic heterocycles. The van der Waals surface area contributed by atoms with Crippen LogP contribution in [0.15, 0.2) is 9.68 Å². The molecule has 1 fully saturated rings. The van der Waals surface area contributed by atoms with E-state index in [-0.39, 0.29) is 23.6 Å². The number of nitrogens with zero attached hydrogens (tertiary/aromatic N) is 4. The molecule has 24 heavy (non-hydrogen) atoms. The maximum atomic E-state index is 12.5. The van der Waals surface area contributed by atoms with Gasteiger partial charge in [0.15, 0.2) is 11.6 Å². The van der Waals surface area contributed by atoms with Gasteiger partial charge in [-0.3, -0.25) is 9.69 Å². The number of halogens is 3. The van der Waals surface area contributed by atoms with Crippen molar-refractivity contribution >= 4 is 11.5 Å². The van der Waals surface area contributed by atoms with Crippen molar-refractivity contribution in [1.29, 1.82) is 0 Å². The Morgan fingerprint density at radius 1 is 1.33 bits per heavy atom. The summed E-state index contributed by atoms with van der Waals surface area (Å²) in [4.78, 5) is 22.1. The van der Waals surface area contributed by atoms with E-state index in [2.05, 4.69) is 24.7 Å². The summed E-state index contributed by atoms with van der Waals surface area (Å²) in [5.74, 6) is -1.42. The van der Waals surface area contributed by atoms with Gasteiger partial charge in [0, 0.05) is 25.8 Å². The highest BCUT2D eigenvalue weighted by Gasteiger charge is 2.39. The average molecular weight is 346 g/mol. The summed E-state index contributed by atoms with van der Waals surface area (Å²) in [6, 6.07) is 0. The second kappa shape index (κ2) is 6.50. The predicted molar refractivity (Wildman–Crippen MR) is 75.3 cm³/mol. The molecule has 0 spiro atoms. The number of ketones is 1. The largest absolute Gasteiger partial charge is 0.471 e. The van der Waals surface area contributed by atoms with Gasteiger partial charge in [0.05, 0.1) is 0 Å². The molecule has 3 rings (SSSR count). The van der Waals surface area contributed by atoms with Crippen molar-refractivity contribution in [3.63, 3.8) is 0 Å². The lowest BCUT2D eigenvalue weighted by Gasteiger charge is -2.31. The van der Waals surface area contributed by atoms with E-state index >= 15 is 0 Å². The second-order valence-electron chi connectivity index (χ2n) is 6.06. The van der Waals surface area contributed by atoms with E-state index in [0.717, 1.165) is 0 Å². The molecule has 3 heterocycles. The molecule has 0 radical (unpaired) electrons. The Bertz CT molecular complexity index is 635. The topological polar surface area (TPSA) is 80.8 Å². The fraction of sp³-hybridized carbons (Fsp3) is 0.714. The molecule has 0 saturated carbocycles. The average Bonchev–Trinajstić information content (AvgIpc) is 3.16. The molecule has 7 nitrogen and oxygen atoms in total. The predicted octanol–water partition coefficient (Wildman–Crippen LogP) is 2.00. The van der Waals surface area contributed by atoms with Gasteiger partial charge in [-0.25, -0.2) is 0 Å². The maximum absolute atomic E-state index is 12.5. The van der Waals surface area contributed by atoms with Crippen LogP contribution in [-0.2, 0) is 15.8 Å². The Labute approximate surface area is 135 Å². The molecule has 0 bridgehead atoms. The summed E-state index contributed by atoms with van der Waals surface area (Å²) >= 11 is 0. The van der Waals surface area contributed by atoms with Gasteiger partial charge < -0.3 is 9.36 Å². The van der Waals surface area contributed by atoms with Crippen molar-refractivity contribution in [3.8, 4) is 0 Å². The lowest BCUT2D eigenvalue weighted by molar-refractivity contribution is -0.159. The number of rotatable bonds is 4. The first kappa shape index (κ1) is 16.9. The molecule has 1 aromatic rings. The number of carbonyl (C=O) groups excluding carboxylic acids is 1. The molecule has 0 N–H and O–H groups in total. The highest BCUT2D eigenvalue weighted by Crippen LogP contribution is 2.31. The SMILES string of the molecule is CC(=O)C1=NOC(CN2CCC(c3noc(C(F)(F)F)n3)CC2)C1. The number of carbonyl (C=O) groups is 1. The van der Waals surface area contributed by atoms with Gasteiger partial charge in [-0.15, -0.1) is 0 Å². The molecule has 132 valence electrons. The Kier molecular flexibility index (Phi) is 4.57. The van der Waals surface area contributed by atoms with E-state index in [4.69, 9.17) is 4.84 Å². The first-order chi connectivity index (χ1) is 11.3. The first-order valence-corrected chi connectivity index (χ1v) is 7.69. The summed E-state index contributed by atoms with van der Waals surface area (Å²) in [5.41, 5.74) is 0.446. The molecule has 0 amide bonds. The Morgan fingerprint density at radius 2 is 2.04 bits per heavy atom. The summed E-state index contributed by atoms with van der Waals surface area (Å²) in [6.07, 6.45) is -2.98. The normalized spacial score (nSPS) is 23.2. The second-order valence-corrected chi connectivity index (χ2v) is 6.06. The van der Waals surface area contributed by atoms with Crippen LogP contribution in [0.3, 0.4) is 0 Å². The van der Waals surface area contributed by atoms with Gasteiger partial charge in [0.2, 0.25) is 0 Å². The summed E-state index contributed by atoms with van der Waals surface area (Å²) in [6.45, 7) is 3.47. The standard InChI is InChI=1S/C14H17F3N4O3/c1-8(22)11-6-10(23-19-11)7-21-4-2-9(3-5-21)12-18-13(24-20-12)14(15,16)17/h9-10H,2-7H2,1H3. The van der Waals surface area contributed by atoms with Crippen LogP contribution in [0.1, 0.15) is 43.8 Å². The number of oxime groups is 1. The molecule has 1 unspecified atom stereocenters. The smallest absolute Gasteiger partial charge is 0.390 e. The van der Waals surface area contributed by atoms with Crippen molar-refractivity contribution in [2.45, 2.75) is 44.4 Å². The number of piperidine rings is 1.